The summed E-state index contributed by atoms with van der Waals surface area (Å²) in [6, 6.07) is 0. The summed E-state index contributed by atoms with van der Waals surface area (Å²) in [5.41, 5.74) is 0. The summed E-state index contributed by atoms with van der Waals surface area (Å²) in [7, 11) is 0. The van der Waals surface area contributed by atoms with Crippen LogP contribution in [0.5, 0.6) is 0 Å². The quantitative estimate of drug-likeness (QED) is 0.710. The second kappa shape index (κ2) is 7.88. The first-order valence-electron chi connectivity index (χ1n) is 8.08. The van der Waals surface area contributed by atoms with E-state index in [1.807, 2.05) is 6.92 Å². The summed E-state index contributed by atoms with van der Waals surface area (Å²) in [4.78, 5) is 12.0. The zero-order valence-electron chi connectivity index (χ0n) is 12.2. The highest BCUT2D eigenvalue weighted by atomic mass is 16.5. The molecule has 1 atom stereocenters. The lowest BCUT2D eigenvalue weighted by molar-refractivity contribution is -0.157. The molecule has 1 unspecified atom stereocenters. The fourth-order valence-electron chi connectivity index (χ4n) is 3.04. The van der Waals surface area contributed by atoms with Gasteiger partial charge in [0.2, 0.25) is 0 Å². The molecule has 3 heteroatoms. The van der Waals surface area contributed by atoms with E-state index in [2.05, 4.69) is 0 Å². The smallest absolute Gasteiger partial charge is 0.311 e. The third kappa shape index (κ3) is 5.13. The zero-order valence-corrected chi connectivity index (χ0v) is 12.2. The second-order valence-corrected chi connectivity index (χ2v) is 6.19. The third-order valence-corrected chi connectivity index (χ3v) is 4.37. The van der Waals surface area contributed by atoms with E-state index in [9.17, 15) is 4.79 Å². The first-order chi connectivity index (χ1) is 9.25. The largest absolute Gasteiger partial charge is 0.462 e. The third-order valence-electron chi connectivity index (χ3n) is 4.37. The van der Waals surface area contributed by atoms with Gasteiger partial charge in [-0.3, -0.25) is 4.79 Å². The van der Waals surface area contributed by atoms with Crippen molar-refractivity contribution in [2.45, 2.75) is 83.3 Å². The van der Waals surface area contributed by atoms with E-state index in [0.29, 0.717) is 12.7 Å². The lowest BCUT2D eigenvalue weighted by Gasteiger charge is -2.25. The van der Waals surface area contributed by atoms with Crippen LogP contribution in [0, 0.1) is 5.92 Å². The molecule has 0 spiro atoms. The second-order valence-electron chi connectivity index (χ2n) is 6.19. The van der Waals surface area contributed by atoms with E-state index in [1.165, 1.54) is 38.5 Å². The Labute approximate surface area is 117 Å². The summed E-state index contributed by atoms with van der Waals surface area (Å²) in [6.45, 7) is 2.45. The lowest BCUT2D eigenvalue weighted by Crippen LogP contribution is -2.28. The first kappa shape index (κ1) is 14.8. The number of hydrogen-bond acceptors (Lipinski definition) is 3. The van der Waals surface area contributed by atoms with Gasteiger partial charge in [0.15, 0.2) is 0 Å². The number of hydrogen-bond donors (Lipinski definition) is 0. The van der Waals surface area contributed by atoms with E-state index in [0.717, 1.165) is 25.7 Å². The lowest BCUT2D eigenvalue weighted by atomic mass is 9.97. The Morgan fingerprint density at radius 2 is 1.47 bits per heavy atom. The van der Waals surface area contributed by atoms with Crippen LogP contribution in [-0.4, -0.2) is 24.8 Å². The minimum absolute atomic E-state index is 0.0669. The Morgan fingerprint density at radius 1 is 0.947 bits per heavy atom. The molecule has 110 valence electrons. The maximum Gasteiger partial charge on any atom is 0.311 e. The molecule has 2 aliphatic carbocycles. The van der Waals surface area contributed by atoms with Crippen LogP contribution in [0.15, 0.2) is 0 Å². The van der Waals surface area contributed by atoms with Crippen LogP contribution in [0.2, 0.25) is 0 Å². The summed E-state index contributed by atoms with van der Waals surface area (Å²) in [5.74, 6) is -0.188. The molecule has 3 nitrogen and oxygen atoms in total. The Morgan fingerprint density at radius 3 is 2.05 bits per heavy atom. The van der Waals surface area contributed by atoms with Gasteiger partial charge in [0.05, 0.1) is 18.6 Å². The molecule has 2 saturated carbocycles. The van der Waals surface area contributed by atoms with Gasteiger partial charge in [0.1, 0.15) is 6.10 Å². The van der Waals surface area contributed by atoms with Crippen LogP contribution >= 0.6 is 0 Å². The average molecular weight is 268 g/mol. The monoisotopic (exact) mass is 268 g/mol. The van der Waals surface area contributed by atoms with E-state index < -0.39 is 0 Å². The fraction of sp³-hybridized carbons (Fsp3) is 0.938. The molecule has 0 aliphatic heterocycles. The minimum Gasteiger partial charge on any atom is -0.462 e. The Bertz CT molecular complexity index is 265. The maximum atomic E-state index is 12.0. The molecule has 0 N–H and O–H groups in total. The minimum atomic E-state index is -0.121. The van der Waals surface area contributed by atoms with Gasteiger partial charge in [-0.15, -0.1) is 0 Å². The number of esters is 1. The van der Waals surface area contributed by atoms with E-state index in [1.54, 1.807) is 0 Å². The molecule has 0 heterocycles. The summed E-state index contributed by atoms with van der Waals surface area (Å²) in [5, 5.41) is 0. The molecule has 2 fully saturated rings. The van der Waals surface area contributed by atoms with Crippen LogP contribution in [0.3, 0.4) is 0 Å². The van der Waals surface area contributed by atoms with Crippen LogP contribution < -0.4 is 0 Å². The molecule has 0 amide bonds. The van der Waals surface area contributed by atoms with Crippen molar-refractivity contribution in [1.82, 2.24) is 0 Å². The molecule has 0 aromatic heterocycles. The normalized spacial score (nSPS) is 24.1. The van der Waals surface area contributed by atoms with E-state index >= 15 is 0 Å². The van der Waals surface area contributed by atoms with Gasteiger partial charge in [-0.1, -0.05) is 25.7 Å². The molecule has 0 aromatic rings. The van der Waals surface area contributed by atoms with Gasteiger partial charge < -0.3 is 9.47 Å². The highest BCUT2D eigenvalue weighted by Crippen LogP contribution is 2.23. The van der Waals surface area contributed by atoms with Gasteiger partial charge in [0.25, 0.3) is 0 Å². The highest BCUT2D eigenvalue weighted by Gasteiger charge is 2.23. The molecule has 2 rings (SSSR count). The van der Waals surface area contributed by atoms with Crippen molar-refractivity contribution in [2.24, 2.45) is 5.92 Å². The number of ether oxygens (including phenoxy) is 2. The number of carbonyl (C=O) groups is 1. The van der Waals surface area contributed by atoms with Gasteiger partial charge >= 0.3 is 5.97 Å². The van der Waals surface area contributed by atoms with E-state index in [-0.39, 0.29) is 18.0 Å². The van der Waals surface area contributed by atoms with Gasteiger partial charge in [0, 0.05) is 0 Å². The highest BCUT2D eigenvalue weighted by molar-refractivity contribution is 5.72. The molecule has 0 radical (unpaired) electrons. The standard InChI is InChI=1S/C16H28O3/c1-13(12-18-14-8-4-2-5-9-14)16(17)19-15-10-6-3-7-11-15/h13-15H,2-12H2,1H3. The summed E-state index contributed by atoms with van der Waals surface area (Å²) >= 11 is 0. The summed E-state index contributed by atoms with van der Waals surface area (Å²) in [6.07, 6.45) is 12.5. The number of rotatable bonds is 5. The van der Waals surface area contributed by atoms with Crippen LogP contribution in [0.4, 0.5) is 0 Å². The predicted octanol–water partition coefficient (Wildman–Crippen LogP) is 3.85. The first-order valence-corrected chi connectivity index (χ1v) is 8.08. The van der Waals surface area contributed by atoms with Crippen molar-refractivity contribution >= 4 is 5.97 Å². The molecule has 19 heavy (non-hydrogen) atoms. The topological polar surface area (TPSA) is 35.5 Å². The van der Waals surface area contributed by atoms with Crippen molar-refractivity contribution in [3.05, 3.63) is 0 Å². The SMILES string of the molecule is CC(COC1CCCCC1)C(=O)OC1CCCCC1. The van der Waals surface area contributed by atoms with Crippen molar-refractivity contribution in [3.63, 3.8) is 0 Å². The van der Waals surface area contributed by atoms with Gasteiger partial charge in [-0.2, -0.15) is 0 Å². The van der Waals surface area contributed by atoms with Crippen molar-refractivity contribution < 1.29 is 14.3 Å². The fourth-order valence-corrected chi connectivity index (χ4v) is 3.04. The molecule has 0 aromatic carbocycles. The van der Waals surface area contributed by atoms with Crippen LogP contribution in [-0.2, 0) is 14.3 Å². The van der Waals surface area contributed by atoms with Gasteiger partial charge in [-0.05, 0) is 45.4 Å². The Balaban J connectivity index is 1.63. The Kier molecular flexibility index (Phi) is 6.15. The molecular weight excluding hydrogens is 240 g/mol. The molecule has 0 bridgehead atoms. The molecule has 2 aliphatic rings. The van der Waals surface area contributed by atoms with E-state index in [4.69, 9.17) is 9.47 Å². The average Bonchev–Trinajstić information content (AvgIpc) is 2.47. The van der Waals surface area contributed by atoms with Crippen molar-refractivity contribution in [1.29, 1.82) is 0 Å². The zero-order chi connectivity index (χ0) is 13.5. The maximum absolute atomic E-state index is 12.0. The Hall–Kier alpha value is -0.570. The van der Waals surface area contributed by atoms with Crippen molar-refractivity contribution in [3.8, 4) is 0 Å². The van der Waals surface area contributed by atoms with Gasteiger partial charge in [-0.25, -0.2) is 0 Å². The molecule has 0 saturated heterocycles. The van der Waals surface area contributed by atoms with Crippen molar-refractivity contribution in [2.75, 3.05) is 6.61 Å². The van der Waals surface area contributed by atoms with Crippen LogP contribution in [0.25, 0.3) is 0 Å². The predicted molar refractivity (Wildman–Crippen MR) is 75.0 cm³/mol. The molecular formula is C16H28O3. The number of carbonyl (C=O) groups excluding carboxylic acids is 1. The summed E-state index contributed by atoms with van der Waals surface area (Å²) < 4.78 is 11.4. The van der Waals surface area contributed by atoms with Crippen LogP contribution in [0.1, 0.15) is 71.1 Å².